The zero-order valence-corrected chi connectivity index (χ0v) is 18.4. The van der Waals surface area contributed by atoms with Crippen molar-refractivity contribution in [1.29, 1.82) is 0 Å². The fraction of sp³-hybridized carbons (Fsp3) is 0.280. The van der Waals surface area contributed by atoms with E-state index in [0.717, 1.165) is 22.2 Å². The molecule has 33 heavy (non-hydrogen) atoms. The molecule has 1 unspecified atom stereocenters. The molecule has 3 aromatic rings. The zero-order valence-electron chi connectivity index (χ0n) is 18.4. The molecule has 1 aliphatic heterocycles. The number of nitrogens with one attached hydrogen (secondary N) is 1. The van der Waals surface area contributed by atoms with Gasteiger partial charge < -0.3 is 9.64 Å². The maximum Gasteiger partial charge on any atom is 0.253 e. The number of aldehydes is 1. The summed E-state index contributed by atoms with van der Waals surface area (Å²) in [4.78, 5) is 39.8. The largest absolute Gasteiger partial charge is 0.383 e. The van der Waals surface area contributed by atoms with Crippen molar-refractivity contribution in [2.24, 2.45) is 0 Å². The van der Waals surface area contributed by atoms with Gasteiger partial charge >= 0.3 is 0 Å². The third kappa shape index (κ3) is 5.08. The summed E-state index contributed by atoms with van der Waals surface area (Å²) >= 11 is 0. The lowest BCUT2D eigenvalue weighted by molar-refractivity contribution is -0.135. The molecule has 0 bridgehead atoms. The summed E-state index contributed by atoms with van der Waals surface area (Å²) in [6, 6.07) is 14.6. The number of hydrogen-bond acceptors (Lipinski definition) is 6. The Kier molecular flexibility index (Phi) is 7.07. The molecule has 1 fully saturated rings. The number of hydrogen-bond donors (Lipinski definition) is 1. The number of rotatable bonds is 8. The van der Waals surface area contributed by atoms with Gasteiger partial charge in [0, 0.05) is 44.2 Å². The monoisotopic (exact) mass is 446 g/mol. The van der Waals surface area contributed by atoms with Crippen LogP contribution < -0.4 is 0 Å². The number of ketones is 1. The number of amides is 1. The van der Waals surface area contributed by atoms with E-state index in [-0.39, 0.29) is 12.5 Å². The van der Waals surface area contributed by atoms with Crippen LogP contribution in [0.25, 0.3) is 23.1 Å². The summed E-state index contributed by atoms with van der Waals surface area (Å²) < 4.78 is 5.09. The molecule has 8 heteroatoms. The predicted molar refractivity (Wildman–Crippen MR) is 126 cm³/mol. The Hall–Kier alpha value is -3.62. The van der Waals surface area contributed by atoms with Crippen LogP contribution in [0.5, 0.6) is 0 Å². The number of carbonyl (C=O) groups is 3. The van der Waals surface area contributed by atoms with Gasteiger partial charge in [0.2, 0.25) is 5.78 Å². The van der Waals surface area contributed by atoms with Crippen molar-refractivity contribution in [3.05, 3.63) is 65.4 Å². The summed E-state index contributed by atoms with van der Waals surface area (Å²) in [5, 5.41) is 8.39. The second-order valence-electron chi connectivity index (χ2n) is 7.93. The van der Waals surface area contributed by atoms with Gasteiger partial charge in [-0.1, -0.05) is 36.4 Å². The highest BCUT2D eigenvalue weighted by atomic mass is 16.5. The van der Waals surface area contributed by atoms with Crippen molar-refractivity contribution in [2.75, 3.05) is 39.9 Å². The Bertz CT molecular complexity index is 1170. The molecule has 2 heterocycles. The van der Waals surface area contributed by atoms with Crippen LogP contribution in [0.3, 0.4) is 0 Å². The molecular formula is C25H26N4O4. The molecule has 1 N–H and O–H groups in total. The second kappa shape index (κ2) is 10.3. The number of ether oxygens (including phenoxy) is 1. The first-order chi connectivity index (χ1) is 16.1. The van der Waals surface area contributed by atoms with E-state index in [4.69, 9.17) is 4.74 Å². The number of para-hydroxylation sites is 1. The van der Waals surface area contributed by atoms with E-state index < -0.39 is 11.8 Å². The first-order valence-corrected chi connectivity index (χ1v) is 10.8. The van der Waals surface area contributed by atoms with Gasteiger partial charge in [-0.3, -0.25) is 24.4 Å². The van der Waals surface area contributed by atoms with Crippen LogP contribution in [0, 0.1) is 0 Å². The van der Waals surface area contributed by atoms with Crippen LogP contribution in [-0.2, 0) is 14.3 Å². The Morgan fingerprint density at radius 3 is 2.67 bits per heavy atom. The minimum atomic E-state index is -0.638. The highest BCUT2D eigenvalue weighted by molar-refractivity contribution is 6.27. The van der Waals surface area contributed by atoms with Crippen molar-refractivity contribution < 1.29 is 19.1 Å². The Morgan fingerprint density at radius 1 is 1.12 bits per heavy atom. The molecule has 1 atom stereocenters. The third-order valence-electron chi connectivity index (χ3n) is 5.90. The maximum atomic E-state index is 13.0. The van der Waals surface area contributed by atoms with Crippen molar-refractivity contribution in [3.8, 4) is 0 Å². The van der Waals surface area contributed by atoms with E-state index in [1.54, 1.807) is 24.1 Å². The molecule has 1 amide bonds. The van der Waals surface area contributed by atoms with Crippen LogP contribution >= 0.6 is 0 Å². The lowest BCUT2D eigenvalue weighted by atomic mass is 10.1. The van der Waals surface area contributed by atoms with E-state index in [9.17, 15) is 14.4 Å². The number of carbonyl (C=O) groups excluding carboxylic acids is 3. The lowest BCUT2D eigenvalue weighted by Crippen LogP contribution is -2.58. The van der Waals surface area contributed by atoms with Crippen LogP contribution in [0.2, 0.25) is 0 Å². The van der Waals surface area contributed by atoms with Crippen LogP contribution in [-0.4, -0.2) is 83.9 Å². The molecule has 0 saturated carbocycles. The Labute approximate surface area is 191 Å². The summed E-state index contributed by atoms with van der Waals surface area (Å²) in [5.74, 6) is -0.672. The fourth-order valence-corrected chi connectivity index (χ4v) is 4.04. The van der Waals surface area contributed by atoms with Crippen LogP contribution in [0.4, 0.5) is 0 Å². The SMILES string of the molecule is COCCN1CCN(C(=O)c2ccc(C=Cc3n[nH]c4ccccc34)cc2)CC1C(=O)C=O. The van der Waals surface area contributed by atoms with E-state index in [0.29, 0.717) is 38.1 Å². The molecule has 170 valence electrons. The number of aromatic nitrogens is 2. The van der Waals surface area contributed by atoms with Gasteiger partial charge in [-0.25, -0.2) is 0 Å². The van der Waals surface area contributed by atoms with Crippen molar-refractivity contribution in [1.82, 2.24) is 20.0 Å². The summed E-state index contributed by atoms with van der Waals surface area (Å²) in [6.45, 7) is 2.18. The highest BCUT2D eigenvalue weighted by Gasteiger charge is 2.33. The average Bonchev–Trinajstić information content (AvgIpc) is 3.28. The molecular weight excluding hydrogens is 420 g/mol. The third-order valence-corrected chi connectivity index (χ3v) is 5.90. The lowest BCUT2D eigenvalue weighted by Gasteiger charge is -2.39. The molecule has 2 aromatic carbocycles. The van der Waals surface area contributed by atoms with Crippen LogP contribution in [0.15, 0.2) is 48.5 Å². The minimum absolute atomic E-state index is 0.154. The number of aromatic amines is 1. The number of Topliss-reactive ketones (excluding diaryl/α,β-unsaturated/α-hetero) is 1. The number of nitrogens with zero attached hydrogens (tertiary/aromatic N) is 3. The van der Waals surface area contributed by atoms with Gasteiger partial charge in [-0.05, 0) is 29.8 Å². The van der Waals surface area contributed by atoms with Gasteiger partial charge in [0.1, 0.15) is 0 Å². The fourth-order valence-electron chi connectivity index (χ4n) is 4.04. The van der Waals surface area contributed by atoms with Gasteiger partial charge in [-0.15, -0.1) is 0 Å². The van der Waals surface area contributed by atoms with E-state index in [1.807, 2.05) is 53.5 Å². The molecule has 1 aromatic heterocycles. The Morgan fingerprint density at radius 2 is 1.91 bits per heavy atom. The highest BCUT2D eigenvalue weighted by Crippen LogP contribution is 2.19. The summed E-state index contributed by atoms with van der Waals surface area (Å²) in [7, 11) is 1.59. The standard InChI is InChI=1S/C25H26N4O4/c1-33-15-14-28-12-13-29(16-23(28)24(31)17-30)25(32)19-9-6-18(7-10-19)8-11-22-20-4-2-3-5-21(20)26-27-22/h2-11,17,23H,12-16H2,1H3,(H,26,27). The molecule has 8 nitrogen and oxygen atoms in total. The molecule has 4 rings (SSSR count). The first kappa shape index (κ1) is 22.6. The van der Waals surface area contributed by atoms with Gasteiger partial charge in [0.15, 0.2) is 6.29 Å². The van der Waals surface area contributed by atoms with E-state index in [2.05, 4.69) is 10.2 Å². The molecule has 1 saturated heterocycles. The van der Waals surface area contributed by atoms with Crippen molar-refractivity contribution in [2.45, 2.75) is 6.04 Å². The average molecular weight is 447 g/mol. The maximum absolute atomic E-state index is 13.0. The van der Waals surface area contributed by atoms with Gasteiger partial charge in [0.05, 0.1) is 23.9 Å². The predicted octanol–water partition coefficient (Wildman–Crippen LogP) is 2.27. The molecule has 1 aliphatic rings. The number of piperazine rings is 1. The minimum Gasteiger partial charge on any atom is -0.383 e. The van der Waals surface area contributed by atoms with Gasteiger partial charge in [0.25, 0.3) is 5.91 Å². The summed E-state index contributed by atoms with van der Waals surface area (Å²) in [6.07, 6.45) is 4.22. The zero-order chi connectivity index (χ0) is 23.2. The van der Waals surface area contributed by atoms with Crippen molar-refractivity contribution in [3.63, 3.8) is 0 Å². The second-order valence-corrected chi connectivity index (χ2v) is 7.93. The number of H-pyrrole nitrogens is 1. The number of methoxy groups -OCH3 is 1. The topological polar surface area (TPSA) is 95.6 Å². The smallest absolute Gasteiger partial charge is 0.253 e. The number of fused-ring (bicyclic) bond motifs is 1. The molecule has 0 spiro atoms. The molecule has 0 aliphatic carbocycles. The number of benzene rings is 2. The van der Waals surface area contributed by atoms with Crippen molar-refractivity contribution >= 4 is 41.0 Å². The van der Waals surface area contributed by atoms with Gasteiger partial charge in [-0.2, -0.15) is 5.10 Å². The first-order valence-electron chi connectivity index (χ1n) is 10.8. The molecule has 0 radical (unpaired) electrons. The van der Waals surface area contributed by atoms with Crippen LogP contribution in [0.1, 0.15) is 21.6 Å². The Balaban J connectivity index is 1.43. The van der Waals surface area contributed by atoms with E-state index >= 15 is 0 Å². The quantitative estimate of drug-likeness (QED) is 0.421. The van der Waals surface area contributed by atoms with E-state index in [1.165, 1.54) is 0 Å². The normalized spacial score (nSPS) is 17.0. The summed E-state index contributed by atoms with van der Waals surface area (Å²) in [5.41, 5.74) is 3.31.